The maximum atomic E-state index is 11.8. The normalized spacial score (nSPS) is 11.2. The number of aryl methyl sites for hydroxylation is 1. The molecule has 114 valence electrons. The smallest absolute Gasteiger partial charge is 0.253 e. The highest BCUT2D eigenvalue weighted by molar-refractivity contribution is 5.27. The number of hydrogen-bond acceptors (Lipinski definition) is 5. The first kappa shape index (κ1) is 15.5. The molecule has 1 heterocycles. The third-order valence-corrected chi connectivity index (χ3v) is 3.23. The van der Waals surface area contributed by atoms with Crippen molar-refractivity contribution in [1.29, 1.82) is 0 Å². The van der Waals surface area contributed by atoms with Gasteiger partial charge >= 0.3 is 0 Å². The molecular weight excluding hydrogens is 268 g/mol. The van der Waals surface area contributed by atoms with E-state index in [-0.39, 0.29) is 0 Å². The van der Waals surface area contributed by atoms with Gasteiger partial charge in [-0.2, -0.15) is 0 Å². The quantitative estimate of drug-likeness (QED) is 0.589. The minimum absolute atomic E-state index is 0.393. The van der Waals surface area contributed by atoms with E-state index in [2.05, 4.69) is 15.5 Å². The summed E-state index contributed by atoms with van der Waals surface area (Å²) in [5.74, 6) is -0.393. The summed E-state index contributed by atoms with van der Waals surface area (Å²) >= 11 is 0. The molecule has 2 rings (SSSR count). The first-order chi connectivity index (χ1) is 10.1. The maximum Gasteiger partial charge on any atom is 0.253 e. The van der Waals surface area contributed by atoms with Crippen LogP contribution in [0.1, 0.15) is 17.7 Å². The molecule has 0 saturated heterocycles. The number of nitrogens with zero attached hydrogens (tertiary/aromatic N) is 3. The van der Waals surface area contributed by atoms with Gasteiger partial charge in [0.2, 0.25) is 5.69 Å². The molecule has 2 aromatic rings. The molecule has 21 heavy (non-hydrogen) atoms. The largest absolute Gasteiger partial charge is 0.539 e. The van der Waals surface area contributed by atoms with Gasteiger partial charge in [-0.3, -0.25) is 0 Å². The van der Waals surface area contributed by atoms with Crippen molar-refractivity contribution in [3.8, 4) is 11.6 Å². The molecule has 0 aliphatic carbocycles. The number of nitrogens with one attached hydrogen (secondary N) is 1. The molecule has 6 heteroatoms. The zero-order valence-electron chi connectivity index (χ0n) is 12.8. The maximum absolute atomic E-state index is 11.8. The fourth-order valence-corrected chi connectivity index (χ4v) is 2.03. The summed E-state index contributed by atoms with van der Waals surface area (Å²) in [5, 5.41) is 18.8. The van der Waals surface area contributed by atoms with Gasteiger partial charge in [-0.1, -0.05) is 17.7 Å². The van der Waals surface area contributed by atoms with Crippen molar-refractivity contribution in [3.63, 3.8) is 0 Å². The van der Waals surface area contributed by atoms with E-state index in [1.165, 1.54) is 0 Å². The Kier molecular flexibility index (Phi) is 5.30. The van der Waals surface area contributed by atoms with Crippen LogP contribution >= 0.6 is 0 Å². The van der Waals surface area contributed by atoms with E-state index >= 15 is 0 Å². The van der Waals surface area contributed by atoms with Gasteiger partial charge in [0.15, 0.2) is 5.95 Å². The van der Waals surface area contributed by atoms with Gasteiger partial charge in [0.1, 0.15) is 0 Å². The van der Waals surface area contributed by atoms with Crippen molar-refractivity contribution in [2.75, 3.05) is 27.2 Å². The molecule has 1 aromatic carbocycles. The van der Waals surface area contributed by atoms with Crippen molar-refractivity contribution < 1.29 is 14.3 Å². The third-order valence-electron chi connectivity index (χ3n) is 3.23. The summed E-state index contributed by atoms with van der Waals surface area (Å²) in [6.45, 7) is 4.32. The van der Waals surface area contributed by atoms with Gasteiger partial charge in [-0.15, -0.1) is 0 Å². The van der Waals surface area contributed by atoms with E-state index in [4.69, 9.17) is 4.52 Å². The molecule has 1 aromatic heterocycles. The summed E-state index contributed by atoms with van der Waals surface area (Å²) in [5.41, 5.74) is 2.51. The minimum atomic E-state index is -0.393. The number of benzene rings is 1. The van der Waals surface area contributed by atoms with Crippen LogP contribution in [0, 0.1) is 6.92 Å². The molecule has 0 spiro atoms. The highest BCUT2D eigenvalue weighted by Gasteiger charge is 2.19. The Bertz CT molecular complexity index is 564. The average Bonchev–Trinajstić information content (AvgIpc) is 2.80. The van der Waals surface area contributed by atoms with Gasteiger partial charge in [0.25, 0.3) is 5.69 Å². The Morgan fingerprint density at radius 1 is 1.29 bits per heavy atom. The summed E-state index contributed by atoms with van der Waals surface area (Å²) < 4.78 is 6.34. The monoisotopic (exact) mass is 290 g/mol. The summed E-state index contributed by atoms with van der Waals surface area (Å²) in [4.78, 5) is 2.13. The summed E-state index contributed by atoms with van der Waals surface area (Å²) in [6.07, 6.45) is 1.02. The highest BCUT2D eigenvalue weighted by atomic mass is 16.6. The lowest BCUT2D eigenvalue weighted by atomic mass is 10.2. The number of hydrogen-bond donors (Lipinski definition) is 1. The fourth-order valence-electron chi connectivity index (χ4n) is 2.03. The first-order valence-electron chi connectivity index (χ1n) is 7.08. The van der Waals surface area contributed by atoms with E-state index < -0.39 is 5.95 Å². The Labute approximate surface area is 125 Å². The van der Waals surface area contributed by atoms with E-state index in [1.807, 2.05) is 45.3 Å². The second kappa shape index (κ2) is 7.19. The van der Waals surface area contributed by atoms with Crippen LogP contribution in [0.15, 0.2) is 28.8 Å². The van der Waals surface area contributed by atoms with Crippen molar-refractivity contribution in [1.82, 2.24) is 15.5 Å². The first-order valence-corrected chi connectivity index (χ1v) is 7.08. The standard InChI is InChI=1S/C15H22N4O2/c1-12-5-7-13(8-6-12)19-14(15(20)21-17-19)11-16-9-4-10-18(2)3/h5-8,16H,4,9-11H2,1-3H3. The van der Waals surface area contributed by atoms with Crippen LogP contribution < -0.4 is 15.1 Å². The second-order valence-electron chi connectivity index (χ2n) is 5.39. The Morgan fingerprint density at radius 2 is 2.00 bits per heavy atom. The average molecular weight is 290 g/mol. The summed E-state index contributed by atoms with van der Waals surface area (Å²) in [7, 11) is 4.09. The van der Waals surface area contributed by atoms with Crippen LogP contribution in [-0.2, 0) is 6.54 Å². The number of rotatable bonds is 7. The lowest BCUT2D eigenvalue weighted by Gasteiger charge is -2.08. The fraction of sp³-hybridized carbons (Fsp3) is 0.467. The van der Waals surface area contributed by atoms with Crippen LogP contribution in [0.25, 0.3) is 5.69 Å². The molecule has 0 unspecified atom stereocenters. The molecule has 0 aliphatic rings. The molecule has 1 N–H and O–H groups in total. The summed E-state index contributed by atoms with van der Waals surface area (Å²) in [6, 6.07) is 7.81. The highest BCUT2D eigenvalue weighted by Crippen LogP contribution is 2.10. The molecule has 0 fully saturated rings. The Hall–Kier alpha value is -1.92. The van der Waals surface area contributed by atoms with Crippen molar-refractivity contribution in [2.45, 2.75) is 19.9 Å². The van der Waals surface area contributed by atoms with Crippen LogP contribution in [0.5, 0.6) is 5.95 Å². The zero-order valence-corrected chi connectivity index (χ0v) is 12.8. The lowest BCUT2D eigenvalue weighted by Crippen LogP contribution is -2.39. The second-order valence-corrected chi connectivity index (χ2v) is 5.39. The van der Waals surface area contributed by atoms with Gasteiger partial charge < -0.3 is 19.8 Å². The van der Waals surface area contributed by atoms with Crippen molar-refractivity contribution in [2.24, 2.45) is 0 Å². The van der Waals surface area contributed by atoms with Crippen molar-refractivity contribution >= 4 is 0 Å². The predicted octanol–water partition coefficient (Wildman–Crippen LogP) is 0.375. The van der Waals surface area contributed by atoms with Crippen LogP contribution in [0.4, 0.5) is 0 Å². The Morgan fingerprint density at radius 3 is 2.67 bits per heavy atom. The molecule has 6 nitrogen and oxygen atoms in total. The molecule has 0 aliphatic heterocycles. The van der Waals surface area contributed by atoms with Crippen molar-refractivity contribution in [3.05, 3.63) is 35.5 Å². The third kappa shape index (κ3) is 4.27. The molecular formula is C15H22N4O2. The van der Waals surface area contributed by atoms with Gasteiger partial charge in [0.05, 0.1) is 11.8 Å². The van der Waals surface area contributed by atoms with Crippen LogP contribution in [0.2, 0.25) is 0 Å². The van der Waals surface area contributed by atoms with E-state index in [0.717, 1.165) is 30.8 Å². The molecule has 0 bridgehead atoms. The predicted molar refractivity (Wildman–Crippen MR) is 77.1 cm³/mol. The molecule has 0 radical (unpaired) electrons. The van der Waals surface area contributed by atoms with E-state index in [1.54, 1.807) is 4.68 Å². The van der Waals surface area contributed by atoms with E-state index in [9.17, 15) is 5.11 Å². The topological polar surface area (TPSA) is 68.2 Å². The van der Waals surface area contributed by atoms with Crippen LogP contribution in [0.3, 0.4) is 0 Å². The zero-order chi connectivity index (χ0) is 15.2. The Balaban J connectivity index is 2.00. The SMILES string of the molecule is Cc1ccc(-[n+]2noc([O-])c2CNCCCN(C)C)cc1. The number of aromatic nitrogens is 2. The van der Waals surface area contributed by atoms with Gasteiger partial charge in [0, 0.05) is 12.1 Å². The van der Waals surface area contributed by atoms with Crippen LogP contribution in [-0.4, -0.2) is 37.4 Å². The molecule has 0 atom stereocenters. The van der Waals surface area contributed by atoms with Gasteiger partial charge in [-0.25, -0.2) is 0 Å². The molecule has 0 amide bonds. The minimum Gasteiger partial charge on any atom is -0.539 e. The lowest BCUT2D eigenvalue weighted by molar-refractivity contribution is -0.677. The van der Waals surface area contributed by atoms with Gasteiger partial charge in [-0.05, 0) is 45.2 Å². The molecule has 0 saturated carbocycles. The van der Waals surface area contributed by atoms with E-state index in [0.29, 0.717) is 12.2 Å².